The normalized spacial score (nSPS) is 10.9. The topological polar surface area (TPSA) is 50.9 Å². The number of hydrogen-bond donors (Lipinski definition) is 1. The number of rotatable bonds is 5. The lowest BCUT2D eigenvalue weighted by Crippen LogP contribution is -1.99. The molecule has 0 fully saturated rings. The van der Waals surface area contributed by atoms with Gasteiger partial charge in [-0.25, -0.2) is 0 Å². The summed E-state index contributed by atoms with van der Waals surface area (Å²) in [4.78, 5) is 0. The third-order valence-electron chi connectivity index (χ3n) is 3.44. The number of nitrogens with zero attached hydrogens (tertiary/aromatic N) is 3. The second-order valence-corrected chi connectivity index (χ2v) is 6.39. The number of phenolic OH excluding ortho intramolecular Hbond substituents is 1. The Bertz CT molecular complexity index is 785. The standard InChI is InChI=1S/C17H16ClN3OS/c1-2-21-16(13-5-9-15(22)10-6-13)19-20-17(21)23-11-12-3-7-14(18)8-4-12/h3-10,22H,2,11H2,1H3. The highest BCUT2D eigenvalue weighted by Crippen LogP contribution is 2.27. The molecule has 4 nitrogen and oxygen atoms in total. The highest BCUT2D eigenvalue weighted by atomic mass is 35.5. The Morgan fingerprint density at radius 1 is 1.04 bits per heavy atom. The Balaban J connectivity index is 1.80. The van der Waals surface area contributed by atoms with Crippen molar-refractivity contribution < 1.29 is 5.11 Å². The maximum absolute atomic E-state index is 9.41. The summed E-state index contributed by atoms with van der Waals surface area (Å²) in [5, 5.41) is 19.6. The molecule has 0 aliphatic heterocycles. The van der Waals surface area contributed by atoms with Gasteiger partial charge in [0.2, 0.25) is 0 Å². The van der Waals surface area contributed by atoms with Gasteiger partial charge in [0.25, 0.3) is 0 Å². The number of phenols is 1. The highest BCUT2D eigenvalue weighted by Gasteiger charge is 2.13. The first-order valence-electron chi connectivity index (χ1n) is 7.27. The summed E-state index contributed by atoms with van der Waals surface area (Å²) in [5.74, 6) is 1.87. The average Bonchev–Trinajstić information content (AvgIpc) is 2.98. The second kappa shape index (κ2) is 7.06. The van der Waals surface area contributed by atoms with Gasteiger partial charge in [-0.3, -0.25) is 0 Å². The van der Waals surface area contributed by atoms with Crippen LogP contribution in [-0.2, 0) is 12.3 Å². The number of aromatic nitrogens is 3. The molecule has 1 aromatic heterocycles. The van der Waals surface area contributed by atoms with E-state index in [9.17, 15) is 5.11 Å². The molecule has 0 atom stereocenters. The zero-order valence-electron chi connectivity index (χ0n) is 12.6. The van der Waals surface area contributed by atoms with E-state index >= 15 is 0 Å². The maximum Gasteiger partial charge on any atom is 0.191 e. The van der Waals surface area contributed by atoms with E-state index in [2.05, 4.69) is 21.7 Å². The molecule has 0 spiro atoms. The van der Waals surface area contributed by atoms with Gasteiger partial charge in [0.15, 0.2) is 11.0 Å². The molecule has 6 heteroatoms. The summed E-state index contributed by atoms with van der Waals surface area (Å²) in [6, 6.07) is 14.8. The van der Waals surface area contributed by atoms with Crippen molar-refractivity contribution in [3.8, 4) is 17.1 Å². The van der Waals surface area contributed by atoms with E-state index in [-0.39, 0.29) is 5.75 Å². The van der Waals surface area contributed by atoms with Gasteiger partial charge in [-0.2, -0.15) is 0 Å². The van der Waals surface area contributed by atoms with Gasteiger partial charge in [0, 0.05) is 22.9 Å². The zero-order valence-corrected chi connectivity index (χ0v) is 14.2. The molecule has 0 amide bonds. The molecule has 23 heavy (non-hydrogen) atoms. The largest absolute Gasteiger partial charge is 0.508 e. The minimum Gasteiger partial charge on any atom is -0.508 e. The lowest BCUT2D eigenvalue weighted by Gasteiger charge is -2.07. The van der Waals surface area contributed by atoms with Crippen molar-refractivity contribution in [1.82, 2.24) is 14.8 Å². The van der Waals surface area contributed by atoms with Gasteiger partial charge in [0.1, 0.15) is 5.75 Å². The lowest BCUT2D eigenvalue weighted by molar-refractivity contribution is 0.475. The number of hydrogen-bond acceptors (Lipinski definition) is 4. The number of aromatic hydroxyl groups is 1. The van der Waals surface area contributed by atoms with E-state index in [0.29, 0.717) is 0 Å². The first-order valence-corrected chi connectivity index (χ1v) is 8.63. The number of benzene rings is 2. The van der Waals surface area contributed by atoms with Crippen LogP contribution >= 0.6 is 23.4 Å². The monoisotopic (exact) mass is 345 g/mol. The minimum atomic E-state index is 0.244. The summed E-state index contributed by atoms with van der Waals surface area (Å²) in [6.07, 6.45) is 0. The van der Waals surface area contributed by atoms with Crippen molar-refractivity contribution in [3.05, 3.63) is 59.1 Å². The molecule has 3 rings (SSSR count). The predicted molar refractivity (Wildman–Crippen MR) is 93.8 cm³/mol. The third-order valence-corrected chi connectivity index (χ3v) is 4.73. The minimum absolute atomic E-state index is 0.244. The van der Waals surface area contributed by atoms with Gasteiger partial charge in [0.05, 0.1) is 0 Å². The van der Waals surface area contributed by atoms with Crippen LogP contribution in [0.5, 0.6) is 5.75 Å². The van der Waals surface area contributed by atoms with E-state index in [1.54, 1.807) is 23.9 Å². The van der Waals surface area contributed by atoms with Crippen molar-refractivity contribution >= 4 is 23.4 Å². The highest BCUT2D eigenvalue weighted by molar-refractivity contribution is 7.98. The van der Waals surface area contributed by atoms with Crippen molar-refractivity contribution in [2.45, 2.75) is 24.4 Å². The van der Waals surface area contributed by atoms with Gasteiger partial charge >= 0.3 is 0 Å². The van der Waals surface area contributed by atoms with Crippen LogP contribution in [0.1, 0.15) is 12.5 Å². The Labute approximate surface area is 144 Å². The van der Waals surface area contributed by atoms with Crippen LogP contribution < -0.4 is 0 Å². The van der Waals surface area contributed by atoms with E-state index in [1.807, 2.05) is 36.4 Å². The summed E-state index contributed by atoms with van der Waals surface area (Å²) in [5.41, 5.74) is 2.13. The third kappa shape index (κ3) is 3.68. The molecule has 0 aliphatic carbocycles. The van der Waals surface area contributed by atoms with Gasteiger partial charge < -0.3 is 9.67 Å². The van der Waals surface area contributed by atoms with E-state index < -0.39 is 0 Å². The van der Waals surface area contributed by atoms with Crippen molar-refractivity contribution in [2.24, 2.45) is 0 Å². The molecule has 118 valence electrons. The summed E-state index contributed by atoms with van der Waals surface area (Å²) in [7, 11) is 0. The van der Waals surface area contributed by atoms with Crippen LogP contribution in [0.2, 0.25) is 5.02 Å². The molecule has 0 unspecified atom stereocenters. The molecular formula is C17H16ClN3OS. The van der Waals surface area contributed by atoms with Crippen molar-refractivity contribution in [2.75, 3.05) is 0 Å². The summed E-state index contributed by atoms with van der Waals surface area (Å²) >= 11 is 7.55. The fraction of sp³-hybridized carbons (Fsp3) is 0.176. The van der Waals surface area contributed by atoms with E-state index in [4.69, 9.17) is 11.6 Å². The van der Waals surface area contributed by atoms with Crippen LogP contribution in [0.3, 0.4) is 0 Å². The fourth-order valence-corrected chi connectivity index (χ4v) is 3.32. The molecule has 0 bridgehead atoms. The molecule has 2 aromatic carbocycles. The van der Waals surface area contributed by atoms with E-state index in [0.717, 1.165) is 33.9 Å². The summed E-state index contributed by atoms with van der Waals surface area (Å²) in [6.45, 7) is 2.85. The number of halogens is 1. The Morgan fingerprint density at radius 3 is 2.39 bits per heavy atom. The second-order valence-electron chi connectivity index (χ2n) is 5.01. The Morgan fingerprint density at radius 2 is 1.74 bits per heavy atom. The van der Waals surface area contributed by atoms with Crippen LogP contribution in [0, 0.1) is 0 Å². The maximum atomic E-state index is 9.41. The lowest BCUT2D eigenvalue weighted by atomic mass is 10.2. The van der Waals surface area contributed by atoms with Crippen LogP contribution in [0.25, 0.3) is 11.4 Å². The molecule has 0 saturated heterocycles. The van der Waals surface area contributed by atoms with Gasteiger partial charge in [-0.15, -0.1) is 10.2 Å². The van der Waals surface area contributed by atoms with Crippen molar-refractivity contribution in [1.29, 1.82) is 0 Å². The van der Waals surface area contributed by atoms with Crippen LogP contribution in [-0.4, -0.2) is 19.9 Å². The quantitative estimate of drug-likeness (QED) is 0.686. The molecule has 0 aliphatic rings. The van der Waals surface area contributed by atoms with Crippen molar-refractivity contribution in [3.63, 3.8) is 0 Å². The average molecular weight is 346 g/mol. The van der Waals surface area contributed by atoms with E-state index in [1.165, 1.54) is 5.56 Å². The van der Waals surface area contributed by atoms with Crippen LogP contribution in [0.15, 0.2) is 53.7 Å². The molecule has 1 heterocycles. The SMILES string of the molecule is CCn1c(SCc2ccc(Cl)cc2)nnc1-c1ccc(O)cc1. The smallest absolute Gasteiger partial charge is 0.191 e. The number of thioether (sulfide) groups is 1. The Kier molecular flexibility index (Phi) is 4.88. The molecular weight excluding hydrogens is 330 g/mol. The molecule has 0 radical (unpaired) electrons. The van der Waals surface area contributed by atoms with Gasteiger partial charge in [-0.1, -0.05) is 35.5 Å². The Hall–Kier alpha value is -1.98. The summed E-state index contributed by atoms with van der Waals surface area (Å²) < 4.78 is 2.08. The first kappa shape index (κ1) is 15.9. The van der Waals surface area contributed by atoms with Crippen LogP contribution in [0.4, 0.5) is 0 Å². The zero-order chi connectivity index (χ0) is 16.2. The first-order chi connectivity index (χ1) is 11.2. The fourth-order valence-electron chi connectivity index (χ4n) is 2.23. The molecule has 1 N–H and O–H groups in total. The van der Waals surface area contributed by atoms with Gasteiger partial charge in [-0.05, 0) is 48.9 Å². The predicted octanol–water partition coefficient (Wildman–Crippen LogP) is 4.62. The molecule has 3 aromatic rings. The molecule has 0 saturated carbocycles.